The van der Waals surface area contributed by atoms with Crippen LogP contribution >= 0.6 is 0 Å². The van der Waals surface area contributed by atoms with Crippen molar-refractivity contribution in [3.63, 3.8) is 0 Å². The number of sulfonamides is 1. The third-order valence-electron chi connectivity index (χ3n) is 4.44. The van der Waals surface area contributed by atoms with E-state index in [1.54, 1.807) is 0 Å². The molecule has 0 N–H and O–H groups in total. The third kappa shape index (κ3) is 3.50. The number of furan rings is 1. The van der Waals surface area contributed by atoms with Crippen LogP contribution in [-0.2, 0) is 28.4 Å². The first kappa shape index (κ1) is 18.5. The fourth-order valence-corrected chi connectivity index (χ4v) is 4.05. The lowest BCUT2D eigenvalue weighted by atomic mass is 10.3. The van der Waals surface area contributed by atoms with Gasteiger partial charge in [-0.2, -0.15) is 4.31 Å². The minimum Gasteiger partial charge on any atom is -0.463 e. The van der Waals surface area contributed by atoms with Gasteiger partial charge in [0.2, 0.25) is 10.9 Å². The maximum atomic E-state index is 12.7. The summed E-state index contributed by atoms with van der Waals surface area (Å²) >= 11 is 0. The fourth-order valence-electron chi connectivity index (χ4n) is 2.71. The molecule has 1 aliphatic rings. The van der Waals surface area contributed by atoms with Crippen molar-refractivity contribution in [1.82, 2.24) is 24.0 Å². The molecule has 0 atom stereocenters. The van der Waals surface area contributed by atoms with E-state index in [0.29, 0.717) is 32.7 Å². The smallest absolute Gasteiger partial charge is 0.374 e. The van der Waals surface area contributed by atoms with Crippen LogP contribution in [0, 0.1) is 6.92 Å². The summed E-state index contributed by atoms with van der Waals surface area (Å²) in [6.45, 7) is 4.28. The largest absolute Gasteiger partial charge is 0.463 e. The third-order valence-corrected chi connectivity index (χ3v) is 6.21. The first-order chi connectivity index (χ1) is 12.3. The van der Waals surface area contributed by atoms with Crippen molar-refractivity contribution in [1.29, 1.82) is 0 Å². The lowest BCUT2D eigenvalue weighted by Gasteiger charge is -2.33. The summed E-state index contributed by atoms with van der Waals surface area (Å²) < 4.78 is 38.3. The van der Waals surface area contributed by atoms with Crippen LogP contribution < -0.4 is 0 Å². The predicted molar refractivity (Wildman–Crippen MR) is 89.8 cm³/mol. The molecule has 0 spiro atoms. The Balaban J connectivity index is 1.64. The lowest BCUT2D eigenvalue weighted by Crippen LogP contribution is -2.48. The Labute approximate surface area is 151 Å². The fraction of sp³-hybridized carbons (Fsp3) is 0.533. The van der Waals surface area contributed by atoms with Gasteiger partial charge in [0.15, 0.2) is 0 Å². The Morgan fingerprint density at radius 1 is 1.23 bits per heavy atom. The van der Waals surface area contributed by atoms with Crippen molar-refractivity contribution in [2.45, 2.75) is 18.6 Å². The Bertz CT molecular complexity index is 895. The van der Waals surface area contributed by atoms with Crippen LogP contribution in [-0.4, -0.2) is 71.6 Å². The highest BCUT2D eigenvalue weighted by molar-refractivity contribution is 7.89. The highest BCUT2D eigenvalue weighted by atomic mass is 32.2. The van der Waals surface area contributed by atoms with Crippen LogP contribution in [0.25, 0.3) is 0 Å². The minimum atomic E-state index is -3.78. The van der Waals surface area contributed by atoms with E-state index >= 15 is 0 Å². The molecule has 142 valence electrons. The molecule has 1 fully saturated rings. The van der Waals surface area contributed by atoms with Crippen LogP contribution in [0.2, 0.25) is 0 Å². The van der Waals surface area contributed by atoms with Gasteiger partial charge in [-0.15, -0.1) is 10.2 Å². The van der Waals surface area contributed by atoms with E-state index in [4.69, 9.17) is 4.42 Å². The molecule has 1 aliphatic heterocycles. The summed E-state index contributed by atoms with van der Waals surface area (Å²) in [6, 6.07) is 2.57. The number of ether oxygens (including phenoxy) is 1. The summed E-state index contributed by atoms with van der Waals surface area (Å²) in [7, 11) is -0.675. The van der Waals surface area contributed by atoms with Crippen molar-refractivity contribution in [3.8, 4) is 0 Å². The van der Waals surface area contributed by atoms with Crippen molar-refractivity contribution in [3.05, 3.63) is 29.5 Å². The maximum absolute atomic E-state index is 12.7. The number of rotatable bonds is 5. The van der Waals surface area contributed by atoms with E-state index in [9.17, 15) is 13.2 Å². The zero-order valence-electron chi connectivity index (χ0n) is 14.9. The SMILES string of the molecule is COC(=O)c1ccc(S(=O)(=O)N2CCN(Cc3nnc(C)n3C)CC2)o1. The highest BCUT2D eigenvalue weighted by Crippen LogP contribution is 2.21. The van der Waals surface area contributed by atoms with E-state index in [1.807, 2.05) is 18.5 Å². The van der Waals surface area contributed by atoms with E-state index in [2.05, 4.69) is 19.8 Å². The quantitative estimate of drug-likeness (QED) is 0.664. The standard InChI is InChI=1S/C15H21N5O5S/c1-11-16-17-13(18(11)2)10-19-6-8-20(9-7-19)26(22,23)14-5-4-12(25-14)15(21)24-3/h4-5H,6-10H2,1-3H3. The number of nitrogens with zero attached hydrogens (tertiary/aromatic N) is 5. The van der Waals surface area contributed by atoms with Gasteiger partial charge in [0.25, 0.3) is 10.0 Å². The Kier molecular flexibility index (Phi) is 5.12. The van der Waals surface area contributed by atoms with E-state index in [-0.39, 0.29) is 10.9 Å². The maximum Gasteiger partial charge on any atom is 0.374 e. The molecular weight excluding hydrogens is 362 g/mol. The number of hydrogen-bond donors (Lipinski definition) is 0. The number of aryl methyl sites for hydroxylation is 1. The zero-order valence-corrected chi connectivity index (χ0v) is 15.7. The van der Waals surface area contributed by atoms with Crippen LogP contribution in [0.1, 0.15) is 22.2 Å². The molecule has 11 heteroatoms. The molecule has 0 radical (unpaired) electrons. The number of esters is 1. The summed E-state index contributed by atoms with van der Waals surface area (Å²) in [6.07, 6.45) is 0. The molecule has 1 saturated heterocycles. The molecule has 0 amide bonds. The van der Waals surface area contributed by atoms with Gasteiger partial charge in [-0.05, 0) is 19.1 Å². The Hall–Kier alpha value is -2.24. The molecule has 0 saturated carbocycles. The summed E-state index contributed by atoms with van der Waals surface area (Å²) in [5.74, 6) is 0.825. The van der Waals surface area contributed by atoms with Crippen LogP contribution in [0.4, 0.5) is 0 Å². The van der Waals surface area contributed by atoms with E-state index < -0.39 is 16.0 Å². The molecule has 0 bridgehead atoms. The molecule has 0 unspecified atom stereocenters. The molecule has 3 heterocycles. The second-order valence-corrected chi connectivity index (χ2v) is 7.88. The van der Waals surface area contributed by atoms with Crippen molar-refractivity contribution in [2.75, 3.05) is 33.3 Å². The molecule has 2 aromatic heterocycles. The Morgan fingerprint density at radius 2 is 1.92 bits per heavy atom. The number of piperazine rings is 1. The molecule has 0 aliphatic carbocycles. The highest BCUT2D eigenvalue weighted by Gasteiger charge is 2.32. The van der Waals surface area contributed by atoms with E-state index in [0.717, 1.165) is 11.6 Å². The lowest BCUT2D eigenvalue weighted by molar-refractivity contribution is 0.0558. The van der Waals surface area contributed by atoms with Gasteiger partial charge in [0, 0.05) is 33.2 Å². The number of methoxy groups -OCH3 is 1. The van der Waals surface area contributed by atoms with Gasteiger partial charge < -0.3 is 13.7 Å². The number of aromatic nitrogens is 3. The average molecular weight is 383 g/mol. The number of carbonyl (C=O) groups is 1. The second-order valence-electron chi connectivity index (χ2n) is 6.01. The summed E-state index contributed by atoms with van der Waals surface area (Å²) in [5, 5.41) is 7.91. The first-order valence-electron chi connectivity index (χ1n) is 8.08. The molecule has 10 nitrogen and oxygen atoms in total. The number of hydrogen-bond acceptors (Lipinski definition) is 8. The van der Waals surface area contributed by atoms with Crippen molar-refractivity contribution in [2.24, 2.45) is 7.05 Å². The molecule has 26 heavy (non-hydrogen) atoms. The molecular formula is C15H21N5O5S. The molecule has 0 aromatic carbocycles. The van der Waals surface area contributed by atoms with Gasteiger partial charge in [-0.1, -0.05) is 0 Å². The van der Waals surface area contributed by atoms with Gasteiger partial charge >= 0.3 is 5.97 Å². The van der Waals surface area contributed by atoms with Gasteiger partial charge in [-0.3, -0.25) is 4.90 Å². The summed E-state index contributed by atoms with van der Waals surface area (Å²) in [5.41, 5.74) is 0. The first-order valence-corrected chi connectivity index (χ1v) is 9.52. The van der Waals surface area contributed by atoms with Gasteiger partial charge in [-0.25, -0.2) is 13.2 Å². The van der Waals surface area contributed by atoms with Crippen LogP contribution in [0.3, 0.4) is 0 Å². The Morgan fingerprint density at radius 3 is 2.50 bits per heavy atom. The topological polar surface area (TPSA) is 111 Å². The van der Waals surface area contributed by atoms with Crippen LogP contribution in [0.15, 0.2) is 21.6 Å². The van der Waals surface area contributed by atoms with Gasteiger partial charge in [0.1, 0.15) is 11.6 Å². The van der Waals surface area contributed by atoms with E-state index in [1.165, 1.54) is 23.5 Å². The average Bonchev–Trinajstić information content (AvgIpc) is 3.25. The van der Waals surface area contributed by atoms with Crippen molar-refractivity contribution >= 4 is 16.0 Å². The minimum absolute atomic E-state index is 0.137. The molecule has 3 rings (SSSR count). The monoisotopic (exact) mass is 383 g/mol. The van der Waals surface area contributed by atoms with Gasteiger partial charge in [0.05, 0.1) is 13.7 Å². The second kappa shape index (κ2) is 7.17. The molecule has 2 aromatic rings. The van der Waals surface area contributed by atoms with Crippen molar-refractivity contribution < 1.29 is 22.4 Å². The normalized spacial score (nSPS) is 16.7. The number of carbonyl (C=O) groups excluding carboxylic acids is 1. The predicted octanol–water partition coefficient (Wildman–Crippen LogP) is 0.00962. The zero-order chi connectivity index (χ0) is 18.9. The summed E-state index contributed by atoms with van der Waals surface area (Å²) in [4.78, 5) is 13.6. The van der Waals surface area contributed by atoms with Crippen LogP contribution in [0.5, 0.6) is 0 Å².